The molecule has 2 N–H and O–H groups in total. The lowest BCUT2D eigenvalue weighted by Crippen LogP contribution is -2.33. The minimum atomic E-state index is -0.247. The molecule has 0 spiro atoms. The van der Waals surface area contributed by atoms with Crippen LogP contribution in [0, 0.1) is 0 Å². The average molecular weight is 337 g/mol. The molecular formula is C21H27N3O. The van der Waals surface area contributed by atoms with Gasteiger partial charge in [0.15, 0.2) is 0 Å². The van der Waals surface area contributed by atoms with Crippen molar-refractivity contribution in [3.63, 3.8) is 0 Å². The number of rotatable bonds is 5. The maximum atomic E-state index is 12.9. The molecule has 0 aliphatic carbocycles. The van der Waals surface area contributed by atoms with Gasteiger partial charge in [-0.05, 0) is 36.1 Å². The standard InChI is InChI=1S/C21H27N3O/c1-23(2)18-11-6-10-17(14-18)20-12-7-13-24(20)21(25)15-19(22)16-8-4-3-5-9-16/h3-6,8-11,14,19-20H,7,12-13,15,22H2,1-2H3. The highest BCUT2D eigenvalue weighted by Gasteiger charge is 2.30. The second-order valence-corrected chi connectivity index (χ2v) is 6.96. The number of likely N-dealkylation sites (tertiary alicyclic amines) is 1. The van der Waals surface area contributed by atoms with E-state index in [1.807, 2.05) is 49.3 Å². The van der Waals surface area contributed by atoms with Crippen LogP contribution in [0.4, 0.5) is 5.69 Å². The van der Waals surface area contributed by atoms with E-state index < -0.39 is 0 Å². The molecule has 0 radical (unpaired) electrons. The second-order valence-electron chi connectivity index (χ2n) is 6.96. The Morgan fingerprint density at radius 2 is 1.96 bits per heavy atom. The van der Waals surface area contributed by atoms with Crippen LogP contribution in [0.2, 0.25) is 0 Å². The van der Waals surface area contributed by atoms with Gasteiger partial charge >= 0.3 is 0 Å². The number of carbonyl (C=O) groups is 1. The first-order chi connectivity index (χ1) is 12.1. The minimum absolute atomic E-state index is 0.147. The Hall–Kier alpha value is -2.33. The summed E-state index contributed by atoms with van der Waals surface area (Å²) in [5.74, 6) is 0.147. The third-order valence-electron chi connectivity index (χ3n) is 4.97. The molecule has 0 bridgehead atoms. The summed E-state index contributed by atoms with van der Waals surface area (Å²) < 4.78 is 0. The molecule has 2 unspecified atom stereocenters. The van der Waals surface area contributed by atoms with E-state index in [2.05, 4.69) is 29.2 Å². The first kappa shape index (κ1) is 17.5. The Kier molecular flexibility index (Phi) is 5.39. The molecule has 1 heterocycles. The zero-order chi connectivity index (χ0) is 17.8. The van der Waals surface area contributed by atoms with E-state index in [0.717, 1.165) is 30.6 Å². The molecule has 1 amide bonds. The van der Waals surface area contributed by atoms with E-state index in [4.69, 9.17) is 5.73 Å². The van der Waals surface area contributed by atoms with Gasteiger partial charge in [-0.25, -0.2) is 0 Å². The van der Waals surface area contributed by atoms with Crippen molar-refractivity contribution in [2.45, 2.75) is 31.3 Å². The number of hydrogen-bond acceptors (Lipinski definition) is 3. The number of benzene rings is 2. The summed E-state index contributed by atoms with van der Waals surface area (Å²) in [7, 11) is 4.07. The molecule has 2 atom stereocenters. The molecule has 1 saturated heterocycles. The summed E-state index contributed by atoms with van der Waals surface area (Å²) >= 11 is 0. The highest BCUT2D eigenvalue weighted by molar-refractivity contribution is 5.78. The predicted molar refractivity (Wildman–Crippen MR) is 102 cm³/mol. The minimum Gasteiger partial charge on any atom is -0.378 e. The van der Waals surface area contributed by atoms with Crippen LogP contribution in [0.25, 0.3) is 0 Å². The molecular weight excluding hydrogens is 310 g/mol. The van der Waals surface area contributed by atoms with Gasteiger partial charge < -0.3 is 15.5 Å². The van der Waals surface area contributed by atoms with Gasteiger partial charge in [0.2, 0.25) is 5.91 Å². The topological polar surface area (TPSA) is 49.6 Å². The van der Waals surface area contributed by atoms with E-state index in [-0.39, 0.29) is 18.0 Å². The number of amides is 1. The number of carbonyl (C=O) groups excluding carboxylic acids is 1. The Morgan fingerprint density at radius 1 is 1.20 bits per heavy atom. The van der Waals surface area contributed by atoms with Crippen LogP contribution < -0.4 is 10.6 Å². The van der Waals surface area contributed by atoms with Crippen molar-refractivity contribution in [2.24, 2.45) is 5.73 Å². The van der Waals surface area contributed by atoms with Crippen LogP contribution in [-0.4, -0.2) is 31.4 Å². The fourth-order valence-electron chi connectivity index (χ4n) is 3.55. The molecule has 1 aliphatic heterocycles. The lowest BCUT2D eigenvalue weighted by molar-refractivity contribution is -0.132. The molecule has 1 aliphatic rings. The predicted octanol–water partition coefficient (Wildman–Crippen LogP) is 3.51. The zero-order valence-electron chi connectivity index (χ0n) is 15.1. The first-order valence-electron chi connectivity index (χ1n) is 8.93. The van der Waals surface area contributed by atoms with Crippen LogP contribution in [0.5, 0.6) is 0 Å². The fraction of sp³-hybridized carbons (Fsp3) is 0.381. The van der Waals surface area contributed by atoms with Crippen LogP contribution in [-0.2, 0) is 4.79 Å². The fourth-order valence-corrected chi connectivity index (χ4v) is 3.55. The van der Waals surface area contributed by atoms with Gasteiger partial charge in [0.05, 0.1) is 6.04 Å². The van der Waals surface area contributed by atoms with E-state index in [0.29, 0.717) is 6.42 Å². The highest BCUT2D eigenvalue weighted by atomic mass is 16.2. The number of anilines is 1. The summed E-state index contributed by atoms with van der Waals surface area (Å²) in [5.41, 5.74) is 9.65. The second kappa shape index (κ2) is 7.70. The summed E-state index contributed by atoms with van der Waals surface area (Å²) in [6.07, 6.45) is 2.42. The molecule has 0 saturated carbocycles. The van der Waals surface area contributed by atoms with Gasteiger partial charge in [-0.3, -0.25) is 4.79 Å². The Labute approximate surface area is 150 Å². The quantitative estimate of drug-likeness (QED) is 0.908. The van der Waals surface area contributed by atoms with E-state index >= 15 is 0 Å². The average Bonchev–Trinajstić information content (AvgIpc) is 3.12. The third-order valence-corrected chi connectivity index (χ3v) is 4.97. The number of hydrogen-bond donors (Lipinski definition) is 1. The van der Waals surface area contributed by atoms with Crippen molar-refractivity contribution in [2.75, 3.05) is 25.5 Å². The van der Waals surface area contributed by atoms with Crippen molar-refractivity contribution in [3.05, 3.63) is 65.7 Å². The summed E-state index contributed by atoms with van der Waals surface area (Å²) in [6.45, 7) is 0.817. The molecule has 0 aromatic heterocycles. The number of nitrogens with two attached hydrogens (primary N) is 1. The lowest BCUT2D eigenvalue weighted by atomic mass is 10.0. The van der Waals surface area contributed by atoms with Crippen molar-refractivity contribution in [1.29, 1.82) is 0 Å². The smallest absolute Gasteiger partial charge is 0.224 e. The van der Waals surface area contributed by atoms with E-state index in [9.17, 15) is 4.79 Å². The summed E-state index contributed by atoms with van der Waals surface area (Å²) in [4.78, 5) is 17.0. The van der Waals surface area contributed by atoms with Crippen LogP contribution in [0.1, 0.15) is 42.5 Å². The van der Waals surface area contributed by atoms with Crippen LogP contribution in [0.15, 0.2) is 54.6 Å². The highest BCUT2D eigenvalue weighted by Crippen LogP contribution is 2.34. The van der Waals surface area contributed by atoms with E-state index in [1.165, 1.54) is 5.56 Å². The molecule has 1 fully saturated rings. The summed E-state index contributed by atoms with van der Waals surface area (Å²) in [6, 6.07) is 18.3. The Balaban J connectivity index is 1.73. The molecule has 4 heteroatoms. The van der Waals surface area contributed by atoms with Crippen molar-refractivity contribution in [1.82, 2.24) is 4.90 Å². The monoisotopic (exact) mass is 337 g/mol. The Morgan fingerprint density at radius 3 is 2.68 bits per heavy atom. The first-order valence-corrected chi connectivity index (χ1v) is 8.93. The zero-order valence-corrected chi connectivity index (χ0v) is 15.1. The third kappa shape index (κ3) is 4.02. The van der Waals surface area contributed by atoms with Crippen molar-refractivity contribution in [3.8, 4) is 0 Å². The maximum absolute atomic E-state index is 12.9. The molecule has 4 nitrogen and oxygen atoms in total. The normalized spacial score (nSPS) is 18.2. The lowest BCUT2D eigenvalue weighted by Gasteiger charge is -2.27. The molecule has 2 aromatic rings. The van der Waals surface area contributed by atoms with Gasteiger partial charge in [0.25, 0.3) is 0 Å². The number of nitrogens with zero attached hydrogens (tertiary/aromatic N) is 2. The molecule has 25 heavy (non-hydrogen) atoms. The largest absolute Gasteiger partial charge is 0.378 e. The Bertz CT molecular complexity index is 714. The van der Waals surface area contributed by atoms with Gasteiger partial charge in [-0.15, -0.1) is 0 Å². The molecule has 2 aromatic carbocycles. The molecule has 3 rings (SSSR count). The van der Waals surface area contributed by atoms with Crippen LogP contribution >= 0.6 is 0 Å². The SMILES string of the molecule is CN(C)c1cccc(C2CCCN2C(=O)CC(N)c2ccccc2)c1. The van der Waals surface area contributed by atoms with Gasteiger partial charge in [-0.2, -0.15) is 0 Å². The van der Waals surface area contributed by atoms with Crippen molar-refractivity contribution >= 4 is 11.6 Å². The van der Waals surface area contributed by atoms with Gasteiger partial charge in [-0.1, -0.05) is 42.5 Å². The summed E-state index contributed by atoms with van der Waals surface area (Å²) in [5, 5.41) is 0. The van der Waals surface area contributed by atoms with Gasteiger partial charge in [0.1, 0.15) is 0 Å². The maximum Gasteiger partial charge on any atom is 0.224 e. The van der Waals surface area contributed by atoms with Crippen LogP contribution in [0.3, 0.4) is 0 Å². The van der Waals surface area contributed by atoms with E-state index in [1.54, 1.807) is 0 Å². The van der Waals surface area contributed by atoms with Crippen molar-refractivity contribution < 1.29 is 4.79 Å². The molecule has 132 valence electrons. The van der Waals surface area contributed by atoms with Gasteiger partial charge in [0, 0.05) is 38.8 Å².